The van der Waals surface area contributed by atoms with Crippen LogP contribution in [-0.2, 0) is 6.42 Å². The maximum Gasteiger partial charge on any atom is 0.488 e. The molecule has 1 aliphatic rings. The van der Waals surface area contributed by atoms with Gasteiger partial charge in [-0.2, -0.15) is 10.6 Å². The zero-order chi connectivity index (χ0) is 10.3. The molecule has 0 unspecified atom stereocenters. The number of benzene rings is 1. The van der Waals surface area contributed by atoms with Gasteiger partial charge < -0.3 is 10.0 Å². The van der Waals surface area contributed by atoms with Crippen molar-refractivity contribution in [2.75, 3.05) is 5.75 Å². The van der Waals surface area contributed by atoms with Gasteiger partial charge in [-0.15, -0.1) is 0 Å². The van der Waals surface area contributed by atoms with Crippen LogP contribution in [0.25, 0.3) is 0 Å². The number of hydrogen-bond donors (Lipinski definition) is 4. The molecule has 6 heteroatoms. The van der Waals surface area contributed by atoms with Gasteiger partial charge in [0.15, 0.2) is 0 Å². The molecule has 0 aromatic heterocycles. The molecule has 4 nitrogen and oxygen atoms in total. The third-order valence-corrected chi connectivity index (χ3v) is 4.27. The van der Waals surface area contributed by atoms with Crippen molar-refractivity contribution < 1.29 is 19.2 Å². The Labute approximate surface area is 83.7 Å². The molecule has 1 heterocycles. The molecular weight excluding hydrogens is 203 g/mol. The van der Waals surface area contributed by atoms with Crippen molar-refractivity contribution in [3.63, 3.8) is 0 Å². The van der Waals surface area contributed by atoms with Crippen LogP contribution in [0.3, 0.4) is 0 Å². The molecule has 2 rings (SSSR count). The highest BCUT2D eigenvalue weighted by atomic mass is 32.3. The van der Waals surface area contributed by atoms with Crippen molar-refractivity contribution in [2.24, 2.45) is 0 Å². The lowest BCUT2D eigenvalue weighted by atomic mass is 9.79. The molecule has 0 saturated heterocycles. The fourth-order valence-electron chi connectivity index (χ4n) is 1.64. The van der Waals surface area contributed by atoms with Gasteiger partial charge in [-0.1, -0.05) is 12.1 Å². The van der Waals surface area contributed by atoms with E-state index in [0.717, 1.165) is 5.56 Å². The van der Waals surface area contributed by atoms with E-state index in [9.17, 15) is 9.11 Å². The van der Waals surface area contributed by atoms with Crippen molar-refractivity contribution >= 4 is 23.2 Å². The summed E-state index contributed by atoms with van der Waals surface area (Å²) in [6.45, 7) is 0. The van der Waals surface area contributed by atoms with E-state index in [4.69, 9.17) is 10.0 Å². The fraction of sp³-hybridized carbons (Fsp3) is 0.250. The quantitative estimate of drug-likeness (QED) is 0.497. The third kappa shape index (κ3) is 1.55. The van der Waals surface area contributed by atoms with Gasteiger partial charge in [0.05, 0.1) is 4.90 Å². The highest BCUT2D eigenvalue weighted by molar-refractivity contribution is 8.24. The SMILES string of the molecule is OB(O)c1ccc2c(c1)CCS2(O)O. The van der Waals surface area contributed by atoms with Gasteiger partial charge in [0, 0.05) is 5.75 Å². The Balaban J connectivity index is 2.44. The summed E-state index contributed by atoms with van der Waals surface area (Å²) >= 11 is 0. The van der Waals surface area contributed by atoms with Crippen molar-refractivity contribution in [2.45, 2.75) is 11.3 Å². The average molecular weight is 214 g/mol. The predicted octanol–water partition coefficient (Wildman–Crippen LogP) is 0.0320. The first-order chi connectivity index (χ1) is 6.50. The van der Waals surface area contributed by atoms with Gasteiger partial charge in [-0.3, -0.25) is 9.11 Å². The van der Waals surface area contributed by atoms with E-state index in [0.29, 0.717) is 22.5 Å². The Morgan fingerprint density at radius 3 is 2.57 bits per heavy atom. The summed E-state index contributed by atoms with van der Waals surface area (Å²) < 4.78 is 19.2. The van der Waals surface area contributed by atoms with E-state index >= 15 is 0 Å². The van der Waals surface area contributed by atoms with Crippen LogP contribution >= 0.6 is 10.6 Å². The second-order valence-corrected chi connectivity index (χ2v) is 5.54. The van der Waals surface area contributed by atoms with Crippen LogP contribution in [0.15, 0.2) is 23.1 Å². The fourth-order valence-corrected chi connectivity index (χ4v) is 3.23. The first-order valence-corrected chi connectivity index (χ1v) is 5.97. The summed E-state index contributed by atoms with van der Waals surface area (Å²) in [6, 6.07) is 4.68. The molecule has 0 fully saturated rings. The standard InChI is InChI=1S/C8H11BO4S/c10-9(11)7-1-2-8-6(5-7)3-4-14(8,12)13/h1-2,5,10-13H,3-4H2. The zero-order valence-electron chi connectivity index (χ0n) is 7.42. The van der Waals surface area contributed by atoms with E-state index in [1.54, 1.807) is 12.1 Å². The van der Waals surface area contributed by atoms with Gasteiger partial charge in [0.1, 0.15) is 0 Å². The van der Waals surface area contributed by atoms with Crippen LogP contribution in [-0.4, -0.2) is 32.0 Å². The Kier molecular flexibility index (Phi) is 2.32. The van der Waals surface area contributed by atoms with E-state index in [2.05, 4.69) is 0 Å². The number of rotatable bonds is 1. The molecule has 4 N–H and O–H groups in total. The van der Waals surface area contributed by atoms with Crippen LogP contribution in [0.2, 0.25) is 0 Å². The number of aryl methyl sites for hydroxylation is 1. The van der Waals surface area contributed by atoms with Crippen molar-refractivity contribution in [1.82, 2.24) is 0 Å². The predicted molar refractivity (Wildman–Crippen MR) is 56.0 cm³/mol. The Morgan fingerprint density at radius 2 is 1.93 bits per heavy atom. The van der Waals surface area contributed by atoms with Gasteiger partial charge in [0.25, 0.3) is 0 Å². The topological polar surface area (TPSA) is 80.9 Å². The molecule has 0 spiro atoms. The summed E-state index contributed by atoms with van der Waals surface area (Å²) in [5.74, 6) is 0.341. The van der Waals surface area contributed by atoms with Crippen molar-refractivity contribution in [1.29, 1.82) is 0 Å². The molecule has 14 heavy (non-hydrogen) atoms. The lowest BCUT2D eigenvalue weighted by molar-refractivity contribution is 0.425. The highest BCUT2D eigenvalue weighted by Gasteiger charge is 2.27. The molecule has 76 valence electrons. The largest absolute Gasteiger partial charge is 0.488 e. The van der Waals surface area contributed by atoms with Crippen LogP contribution in [0.5, 0.6) is 0 Å². The zero-order valence-corrected chi connectivity index (χ0v) is 8.24. The van der Waals surface area contributed by atoms with Gasteiger partial charge in [0.2, 0.25) is 0 Å². The minimum absolute atomic E-state index is 0.341. The monoisotopic (exact) mass is 214 g/mol. The van der Waals surface area contributed by atoms with Crippen LogP contribution < -0.4 is 5.46 Å². The summed E-state index contributed by atoms with van der Waals surface area (Å²) in [6.07, 6.45) is 0.582. The van der Waals surface area contributed by atoms with Crippen LogP contribution in [0.4, 0.5) is 0 Å². The number of hydrogen-bond acceptors (Lipinski definition) is 4. The lowest BCUT2D eigenvalue weighted by Gasteiger charge is -2.27. The molecule has 1 aliphatic heterocycles. The number of fused-ring (bicyclic) bond motifs is 1. The van der Waals surface area contributed by atoms with Gasteiger partial charge in [-0.05, 0) is 23.5 Å². The second kappa shape index (κ2) is 3.25. The Hall–Kier alpha value is -0.525. The average Bonchev–Trinajstić information content (AvgIpc) is 2.42. The van der Waals surface area contributed by atoms with E-state index < -0.39 is 17.7 Å². The summed E-state index contributed by atoms with van der Waals surface area (Å²) in [5.41, 5.74) is 1.19. The minimum atomic E-state index is -2.61. The summed E-state index contributed by atoms with van der Waals surface area (Å²) in [7, 11) is -4.11. The minimum Gasteiger partial charge on any atom is -0.423 e. The first kappa shape index (κ1) is 10.0. The molecule has 1 aromatic carbocycles. The molecule has 0 radical (unpaired) electrons. The molecule has 0 saturated carbocycles. The third-order valence-electron chi connectivity index (χ3n) is 2.39. The molecule has 0 aliphatic carbocycles. The molecule has 1 aromatic rings. The summed E-state index contributed by atoms with van der Waals surface area (Å²) in [5, 5.41) is 17.8. The molecule has 0 bridgehead atoms. The van der Waals surface area contributed by atoms with Gasteiger partial charge in [-0.25, -0.2) is 0 Å². The highest BCUT2D eigenvalue weighted by Crippen LogP contribution is 2.54. The van der Waals surface area contributed by atoms with Crippen molar-refractivity contribution in [3.05, 3.63) is 23.8 Å². The lowest BCUT2D eigenvalue weighted by Crippen LogP contribution is -2.29. The van der Waals surface area contributed by atoms with Crippen LogP contribution in [0, 0.1) is 0 Å². The Bertz CT molecular complexity index is 366. The van der Waals surface area contributed by atoms with E-state index in [1.807, 2.05) is 0 Å². The smallest absolute Gasteiger partial charge is 0.423 e. The molecule has 0 amide bonds. The van der Waals surface area contributed by atoms with Gasteiger partial charge >= 0.3 is 7.12 Å². The summed E-state index contributed by atoms with van der Waals surface area (Å²) in [4.78, 5) is 0.543. The molecular formula is C8H11BO4S. The normalized spacial score (nSPS) is 20.3. The second-order valence-electron chi connectivity index (χ2n) is 3.36. The van der Waals surface area contributed by atoms with Crippen molar-refractivity contribution in [3.8, 4) is 0 Å². The van der Waals surface area contributed by atoms with E-state index in [1.165, 1.54) is 6.07 Å². The van der Waals surface area contributed by atoms with E-state index in [-0.39, 0.29) is 0 Å². The first-order valence-electron chi connectivity index (χ1n) is 4.25. The maximum absolute atomic E-state index is 9.59. The van der Waals surface area contributed by atoms with Crippen LogP contribution in [0.1, 0.15) is 5.56 Å². The Morgan fingerprint density at radius 1 is 1.21 bits per heavy atom. The molecule has 0 atom stereocenters. The maximum atomic E-state index is 9.59.